The Balaban J connectivity index is 1.35. The number of halogens is 3. The Morgan fingerprint density at radius 1 is 1.25 bits per heavy atom. The van der Waals surface area contributed by atoms with Gasteiger partial charge in [-0.25, -0.2) is 13.8 Å². The molecule has 2 amide bonds. The van der Waals surface area contributed by atoms with Gasteiger partial charge in [0.2, 0.25) is 11.8 Å². The van der Waals surface area contributed by atoms with E-state index in [0.29, 0.717) is 33.5 Å². The number of H-pyrrole nitrogens is 1. The van der Waals surface area contributed by atoms with E-state index in [1.165, 1.54) is 0 Å². The number of nitrogens with zero attached hydrogens (tertiary/aromatic N) is 3. The second kappa shape index (κ2) is 8.55. The molecule has 3 heterocycles. The van der Waals surface area contributed by atoms with Crippen LogP contribution in [-0.2, 0) is 9.59 Å². The predicted molar refractivity (Wildman–Crippen MR) is 131 cm³/mol. The molecule has 36 heavy (non-hydrogen) atoms. The molecule has 2 aliphatic rings. The summed E-state index contributed by atoms with van der Waals surface area (Å²) in [7, 11) is 0. The van der Waals surface area contributed by atoms with Gasteiger partial charge in [0.05, 0.1) is 34.9 Å². The maximum absolute atomic E-state index is 15.7. The number of fused-ring (bicyclic) bond motifs is 2. The van der Waals surface area contributed by atoms with Gasteiger partial charge in [-0.1, -0.05) is 18.0 Å². The topological polar surface area (TPSA) is 104 Å². The maximum atomic E-state index is 15.7. The molecule has 0 saturated heterocycles. The number of anilines is 1. The molecule has 2 aliphatic carbocycles. The van der Waals surface area contributed by atoms with E-state index in [0.717, 1.165) is 19.3 Å². The molecule has 186 valence electrons. The molecule has 0 aliphatic heterocycles. The molecular weight excluding hydrogens is 490 g/mol. The second-order valence-electron chi connectivity index (χ2n) is 9.59. The van der Waals surface area contributed by atoms with Crippen LogP contribution in [0.3, 0.4) is 0 Å². The van der Waals surface area contributed by atoms with Gasteiger partial charge in [0.15, 0.2) is 5.82 Å². The third kappa shape index (κ3) is 3.80. The van der Waals surface area contributed by atoms with Gasteiger partial charge in [-0.2, -0.15) is 5.10 Å². The van der Waals surface area contributed by atoms with Crippen molar-refractivity contribution in [2.24, 2.45) is 11.8 Å². The van der Waals surface area contributed by atoms with Crippen molar-refractivity contribution < 1.29 is 18.4 Å². The zero-order valence-electron chi connectivity index (χ0n) is 19.3. The van der Waals surface area contributed by atoms with Crippen molar-refractivity contribution in [3.8, 4) is 11.1 Å². The number of carbonyl (C=O) groups is 2. The van der Waals surface area contributed by atoms with Gasteiger partial charge < -0.3 is 15.0 Å². The summed E-state index contributed by atoms with van der Waals surface area (Å²) in [5.41, 5.74) is 2.31. The van der Waals surface area contributed by atoms with E-state index in [2.05, 4.69) is 25.8 Å². The van der Waals surface area contributed by atoms with E-state index in [1.807, 2.05) is 0 Å². The van der Waals surface area contributed by atoms with Gasteiger partial charge >= 0.3 is 0 Å². The molecule has 0 spiro atoms. The first-order valence-electron chi connectivity index (χ1n) is 11.9. The van der Waals surface area contributed by atoms with Crippen LogP contribution in [0.4, 0.5) is 14.6 Å². The van der Waals surface area contributed by atoms with Crippen LogP contribution in [0.1, 0.15) is 44.2 Å². The Morgan fingerprint density at radius 3 is 2.72 bits per heavy atom. The minimum atomic E-state index is -1.10. The van der Waals surface area contributed by atoms with Crippen LogP contribution >= 0.6 is 11.6 Å². The summed E-state index contributed by atoms with van der Waals surface area (Å²) in [5.74, 6) is -1.46. The van der Waals surface area contributed by atoms with Crippen LogP contribution in [0.5, 0.6) is 0 Å². The molecule has 11 heteroatoms. The Bertz CT molecular complexity index is 1530. The van der Waals surface area contributed by atoms with Crippen LogP contribution in [0.25, 0.3) is 27.7 Å². The summed E-state index contributed by atoms with van der Waals surface area (Å²) >= 11 is 6.58. The predicted octanol–water partition coefficient (Wildman–Crippen LogP) is 4.94. The van der Waals surface area contributed by atoms with E-state index < -0.39 is 29.9 Å². The number of benzene rings is 1. The quantitative estimate of drug-likeness (QED) is 0.340. The Hall–Kier alpha value is -3.53. The Labute approximate surface area is 209 Å². The maximum Gasteiger partial charge on any atom is 0.231 e. The molecule has 3 atom stereocenters. The lowest BCUT2D eigenvalue weighted by atomic mass is 9.84. The number of nitrogens with one attached hydrogen (secondary N) is 3. The van der Waals surface area contributed by atoms with Gasteiger partial charge in [0.1, 0.15) is 17.6 Å². The highest BCUT2D eigenvalue weighted by atomic mass is 35.5. The lowest BCUT2D eigenvalue weighted by Gasteiger charge is -2.27. The van der Waals surface area contributed by atoms with Gasteiger partial charge in [-0.05, 0) is 38.3 Å². The number of pyridine rings is 1. The molecule has 4 aromatic rings. The van der Waals surface area contributed by atoms with E-state index >= 15 is 4.39 Å². The van der Waals surface area contributed by atoms with Crippen molar-refractivity contribution in [1.82, 2.24) is 24.9 Å². The molecule has 3 aromatic heterocycles. The number of hydrogen-bond donors (Lipinski definition) is 3. The Kier molecular flexibility index (Phi) is 5.44. The molecule has 3 N–H and O–H groups in total. The van der Waals surface area contributed by atoms with E-state index in [9.17, 15) is 14.0 Å². The third-order valence-electron chi connectivity index (χ3n) is 7.13. The van der Waals surface area contributed by atoms with Crippen LogP contribution in [0.2, 0.25) is 5.02 Å². The van der Waals surface area contributed by atoms with Gasteiger partial charge in [0, 0.05) is 34.2 Å². The highest BCUT2D eigenvalue weighted by molar-refractivity contribution is 6.35. The average Bonchev–Trinajstić information content (AvgIpc) is 3.15. The highest BCUT2D eigenvalue weighted by Crippen LogP contribution is 2.41. The number of amides is 2. The minimum Gasteiger partial charge on any atom is -0.349 e. The monoisotopic (exact) mass is 512 g/mol. The van der Waals surface area contributed by atoms with Crippen molar-refractivity contribution in [3.05, 3.63) is 47.1 Å². The molecular formula is C25H23ClF2N6O2. The molecule has 6 rings (SSSR count). The van der Waals surface area contributed by atoms with Crippen LogP contribution in [0.15, 0.2) is 30.7 Å². The zero-order chi connectivity index (χ0) is 25.1. The number of aromatic nitrogens is 4. The SMILES string of the molecule is CC(NC(=O)C1CCC1)c1c(F)c(Cl)c(-c2ccc3nc(NC(=O)[C@@H]4C[C@@H]4F)cn3c2)c2cn[nH]c12. The number of imidazole rings is 1. The standard InChI is InChI=1S/C25H23ClF2N6O2/c1-11(30-24(35)12-3-2-4-12)19-22(28)21(26)20(15-8-29-33-23(15)19)13-5-6-18-31-17(10-34(18)9-13)32-25(36)14-7-16(14)27/h5-6,8-12,14,16H,2-4,7H2,1H3,(H,29,33)(H,30,35)(H,32,36)/t11?,14-,16+/m1/s1. The zero-order valence-corrected chi connectivity index (χ0v) is 20.1. The molecule has 8 nitrogen and oxygen atoms in total. The number of alkyl halides is 1. The van der Waals surface area contributed by atoms with Gasteiger partial charge in [-0.3, -0.25) is 14.7 Å². The Morgan fingerprint density at radius 2 is 2.03 bits per heavy atom. The number of rotatable bonds is 6. The molecule has 0 radical (unpaired) electrons. The largest absolute Gasteiger partial charge is 0.349 e. The fraction of sp³-hybridized carbons (Fsp3) is 0.360. The van der Waals surface area contributed by atoms with Crippen LogP contribution < -0.4 is 10.6 Å². The molecule has 2 fully saturated rings. The van der Waals surface area contributed by atoms with Gasteiger partial charge in [0.25, 0.3) is 0 Å². The van der Waals surface area contributed by atoms with Crippen molar-refractivity contribution in [2.45, 2.75) is 44.8 Å². The van der Waals surface area contributed by atoms with Crippen molar-refractivity contribution in [3.63, 3.8) is 0 Å². The third-order valence-corrected chi connectivity index (χ3v) is 7.49. The summed E-state index contributed by atoms with van der Waals surface area (Å²) in [6.45, 7) is 1.73. The summed E-state index contributed by atoms with van der Waals surface area (Å²) in [4.78, 5) is 28.9. The fourth-order valence-electron chi connectivity index (χ4n) is 4.75. The van der Waals surface area contributed by atoms with E-state index in [4.69, 9.17) is 11.6 Å². The highest BCUT2D eigenvalue weighted by Gasteiger charge is 2.43. The smallest absolute Gasteiger partial charge is 0.231 e. The lowest BCUT2D eigenvalue weighted by Crippen LogP contribution is -2.36. The first kappa shape index (κ1) is 22.9. The summed E-state index contributed by atoms with van der Waals surface area (Å²) in [5, 5.41) is 13.1. The van der Waals surface area contributed by atoms with Crippen molar-refractivity contribution in [2.75, 3.05) is 5.32 Å². The number of carbonyl (C=O) groups excluding carboxylic acids is 2. The van der Waals surface area contributed by atoms with E-state index in [1.54, 1.807) is 42.0 Å². The van der Waals surface area contributed by atoms with Crippen molar-refractivity contribution in [1.29, 1.82) is 0 Å². The first-order valence-corrected chi connectivity index (χ1v) is 12.3. The van der Waals surface area contributed by atoms with Crippen LogP contribution in [-0.4, -0.2) is 37.6 Å². The minimum absolute atomic E-state index is 0.0261. The van der Waals surface area contributed by atoms with Gasteiger partial charge in [-0.15, -0.1) is 0 Å². The normalized spacial score (nSPS) is 20.3. The molecule has 1 unspecified atom stereocenters. The number of aromatic amines is 1. The molecule has 0 bridgehead atoms. The summed E-state index contributed by atoms with van der Waals surface area (Å²) < 4.78 is 30.6. The summed E-state index contributed by atoms with van der Waals surface area (Å²) in [6.07, 6.45) is 6.76. The fourth-order valence-corrected chi connectivity index (χ4v) is 5.07. The summed E-state index contributed by atoms with van der Waals surface area (Å²) in [6, 6.07) is 2.86. The second-order valence-corrected chi connectivity index (χ2v) is 9.97. The first-order chi connectivity index (χ1) is 17.3. The molecule has 1 aromatic carbocycles. The molecule has 2 saturated carbocycles. The lowest BCUT2D eigenvalue weighted by molar-refractivity contribution is -0.128. The average molecular weight is 513 g/mol. The van der Waals surface area contributed by atoms with Crippen molar-refractivity contribution >= 4 is 45.8 Å². The number of hydrogen-bond acceptors (Lipinski definition) is 4. The van der Waals surface area contributed by atoms with E-state index in [-0.39, 0.29) is 28.8 Å². The van der Waals surface area contributed by atoms with Crippen LogP contribution in [0, 0.1) is 17.7 Å².